The van der Waals surface area contributed by atoms with Gasteiger partial charge in [-0.15, -0.1) is 0 Å². The first-order chi connectivity index (χ1) is 31.3. The molecule has 0 saturated heterocycles. The van der Waals surface area contributed by atoms with Crippen LogP contribution in [0.1, 0.15) is 291 Å². The van der Waals surface area contributed by atoms with Crippen LogP contribution in [-0.4, -0.2) is 38.1 Å². The van der Waals surface area contributed by atoms with Crippen molar-refractivity contribution < 1.29 is 83.4 Å². The second-order valence-electron chi connectivity index (χ2n) is 18.5. The van der Waals surface area contributed by atoms with E-state index < -0.39 is 32.5 Å². The third-order valence-electron chi connectivity index (χ3n) is 12.5. The predicted molar refractivity (Wildman–Crippen MR) is 269 cm³/mol. The van der Waals surface area contributed by atoms with E-state index in [-0.39, 0.29) is 70.2 Å². The Balaban J connectivity index is 0.0000410. The van der Waals surface area contributed by atoms with Gasteiger partial charge in [0.05, 0.1) is 29.2 Å². The van der Waals surface area contributed by atoms with E-state index in [9.17, 15) is 22.6 Å². The minimum Gasteiger partial charge on any atom is -0.744 e. The van der Waals surface area contributed by atoms with Gasteiger partial charge in [0.1, 0.15) is 10.1 Å². The van der Waals surface area contributed by atoms with Crippen LogP contribution < -0.4 is 51.4 Å². The molecule has 9 heteroatoms. The van der Waals surface area contributed by atoms with Crippen molar-refractivity contribution in [2.24, 2.45) is 0 Å². The van der Waals surface area contributed by atoms with E-state index >= 15 is 0 Å². The van der Waals surface area contributed by atoms with Gasteiger partial charge in [0, 0.05) is 0 Å². The van der Waals surface area contributed by atoms with Gasteiger partial charge in [0.25, 0.3) is 0 Å². The predicted octanol–water partition coefficient (Wildman–Crippen LogP) is 14.7. The molecule has 0 amide bonds. The Morgan fingerprint density at radius 1 is 0.431 bits per heavy atom. The summed E-state index contributed by atoms with van der Waals surface area (Å²) in [7, 11) is -5.02. The minimum atomic E-state index is -5.02. The Labute approximate surface area is 443 Å². The Morgan fingerprint density at radius 3 is 1.02 bits per heavy atom. The first kappa shape index (κ1) is 64.2. The molecule has 65 heavy (non-hydrogen) atoms. The van der Waals surface area contributed by atoms with Crippen LogP contribution in [0.25, 0.3) is 0 Å². The molecule has 0 spiro atoms. The number of hydrogen-bond acceptors (Lipinski definition) is 7. The first-order valence-electron chi connectivity index (χ1n) is 27.1. The molecule has 0 bridgehead atoms. The summed E-state index contributed by atoms with van der Waals surface area (Å²) in [6.07, 6.45) is 59.1. The van der Waals surface area contributed by atoms with Crippen LogP contribution in [0, 0.1) is 0 Å². The van der Waals surface area contributed by atoms with Gasteiger partial charge in [-0.2, -0.15) is 0 Å². The number of hydrogen-bond donors (Lipinski definition) is 0. The maximum atomic E-state index is 13.1. The fourth-order valence-electron chi connectivity index (χ4n) is 8.44. The molecule has 0 aliphatic heterocycles. The van der Waals surface area contributed by atoms with Gasteiger partial charge in [-0.3, -0.25) is 0 Å². The summed E-state index contributed by atoms with van der Waals surface area (Å²) in [6, 6.07) is 3.66. The van der Waals surface area contributed by atoms with Crippen molar-refractivity contribution in [2.75, 3.05) is 13.2 Å². The van der Waals surface area contributed by atoms with E-state index in [1.54, 1.807) is 0 Å². The molecule has 0 aromatic heterocycles. The normalized spacial score (nSPS) is 11.7. The molecule has 370 valence electrons. The minimum absolute atomic E-state index is 0. The zero-order valence-corrected chi connectivity index (χ0v) is 46.4. The van der Waals surface area contributed by atoms with E-state index in [0.717, 1.165) is 44.6 Å². The Morgan fingerprint density at radius 2 is 0.708 bits per heavy atom. The molecular weight excluding hydrogens is 856 g/mol. The molecule has 7 nitrogen and oxygen atoms in total. The maximum absolute atomic E-state index is 13.1. The summed E-state index contributed by atoms with van der Waals surface area (Å²) in [4.78, 5) is 25.4. The molecule has 1 rings (SSSR count). The number of esters is 2. The van der Waals surface area contributed by atoms with Crippen LogP contribution in [-0.2, 0) is 19.6 Å². The summed E-state index contributed by atoms with van der Waals surface area (Å²) >= 11 is 0. The molecule has 0 fully saturated rings. The molecule has 0 aliphatic rings. The quantitative estimate of drug-likeness (QED) is 0.0210. The molecule has 1 aromatic carbocycles. The van der Waals surface area contributed by atoms with Crippen molar-refractivity contribution in [2.45, 2.75) is 276 Å². The fraction of sp³-hybridized carbons (Fsp3) is 0.786. The van der Waals surface area contributed by atoms with E-state index in [1.807, 2.05) is 0 Å². The molecule has 0 unspecified atom stereocenters. The summed E-state index contributed by atoms with van der Waals surface area (Å²) in [5.74, 6) is -1.80. The SMILES string of the molecule is CCC/C=C/CCCCCCCCCCCCCCCCCCCOC(=O)c1cccc(S(=O)(=O)[O-])c1C(=O)OCCCCCCCCCCCCCCCCCCC/C=C/CCC.[K+]. The average Bonchev–Trinajstić information content (AvgIpc) is 3.28. The third kappa shape index (κ3) is 39.7. The van der Waals surface area contributed by atoms with Crippen molar-refractivity contribution in [1.82, 2.24) is 0 Å². The van der Waals surface area contributed by atoms with Crippen molar-refractivity contribution in [3.63, 3.8) is 0 Å². The van der Waals surface area contributed by atoms with Crippen LogP contribution in [0.5, 0.6) is 0 Å². The molecule has 0 heterocycles. The van der Waals surface area contributed by atoms with Crippen molar-refractivity contribution in [1.29, 1.82) is 0 Å². The Kier molecular flexibility index (Phi) is 47.6. The second kappa shape index (κ2) is 48.2. The Hall–Kier alpha value is -0.814. The average molecular weight is 954 g/mol. The zero-order chi connectivity index (χ0) is 46.4. The van der Waals surface area contributed by atoms with E-state index in [4.69, 9.17) is 9.47 Å². The molecule has 1 aromatic rings. The molecule has 0 radical (unpaired) electrons. The van der Waals surface area contributed by atoms with Gasteiger partial charge in [0.2, 0.25) is 0 Å². The number of carbonyl (C=O) groups is 2. The Bertz CT molecular complexity index is 1410. The van der Waals surface area contributed by atoms with Crippen LogP contribution >= 0.6 is 0 Å². The fourth-order valence-corrected chi connectivity index (χ4v) is 9.12. The van der Waals surface area contributed by atoms with Crippen LogP contribution in [0.15, 0.2) is 47.4 Å². The van der Waals surface area contributed by atoms with Gasteiger partial charge in [-0.05, 0) is 63.5 Å². The number of ether oxygens (including phenoxy) is 2. The van der Waals surface area contributed by atoms with Gasteiger partial charge in [-0.1, -0.05) is 250 Å². The van der Waals surface area contributed by atoms with E-state index in [2.05, 4.69) is 38.2 Å². The second-order valence-corrected chi connectivity index (χ2v) is 19.9. The van der Waals surface area contributed by atoms with Gasteiger partial charge >= 0.3 is 63.3 Å². The standard InChI is InChI=1S/C56H98O7S.K/c1-3-5-7-9-11-13-15-17-19-21-23-25-27-29-31-33-35-37-39-41-43-45-50-62-55(57)52-48-47-49-53(64(59,60)61)54(52)56(58)63-51-46-44-42-40-38-36-34-32-30-28-26-24-22-20-18-16-14-12-10-8-6-4-2;/h7-10,47-49H,3-6,11-46,50-51H2,1-2H3,(H,59,60,61);/q;+1/p-1/b9-7+,10-8+;. The zero-order valence-electron chi connectivity index (χ0n) is 42.5. The summed E-state index contributed by atoms with van der Waals surface area (Å²) in [5.41, 5.74) is -0.766. The number of benzene rings is 1. The number of carbonyl (C=O) groups excluding carboxylic acids is 2. The molecule has 0 atom stereocenters. The van der Waals surface area contributed by atoms with Crippen LogP contribution in [0.3, 0.4) is 0 Å². The summed E-state index contributed by atoms with van der Waals surface area (Å²) in [6.45, 7) is 4.71. The number of allylic oxidation sites excluding steroid dienone is 4. The van der Waals surface area contributed by atoms with Gasteiger partial charge in [0.15, 0.2) is 0 Å². The van der Waals surface area contributed by atoms with Crippen molar-refractivity contribution in [3.05, 3.63) is 53.6 Å². The smallest absolute Gasteiger partial charge is 0.744 e. The summed E-state index contributed by atoms with van der Waals surface area (Å²) in [5, 5.41) is 0. The number of unbranched alkanes of at least 4 members (excludes halogenated alkanes) is 36. The van der Waals surface area contributed by atoms with Crippen molar-refractivity contribution >= 4 is 22.1 Å². The van der Waals surface area contributed by atoms with Gasteiger partial charge < -0.3 is 14.0 Å². The first-order valence-corrected chi connectivity index (χ1v) is 28.5. The topological polar surface area (TPSA) is 110 Å². The monoisotopic (exact) mass is 953 g/mol. The third-order valence-corrected chi connectivity index (χ3v) is 13.3. The molecule has 0 saturated carbocycles. The summed E-state index contributed by atoms with van der Waals surface area (Å²) < 4.78 is 47.0. The molecular formula is C56H97KO7S. The molecule has 0 N–H and O–H groups in total. The van der Waals surface area contributed by atoms with Crippen LogP contribution in [0.2, 0.25) is 0 Å². The maximum Gasteiger partial charge on any atom is 1.00 e. The molecule has 0 aliphatic carbocycles. The largest absolute Gasteiger partial charge is 1.00 e. The van der Waals surface area contributed by atoms with Crippen LogP contribution in [0.4, 0.5) is 0 Å². The van der Waals surface area contributed by atoms with Gasteiger partial charge in [-0.25, -0.2) is 18.0 Å². The van der Waals surface area contributed by atoms with Crippen molar-refractivity contribution in [3.8, 4) is 0 Å². The van der Waals surface area contributed by atoms with E-state index in [1.165, 1.54) is 218 Å². The number of rotatable bonds is 47. The van der Waals surface area contributed by atoms with E-state index in [0.29, 0.717) is 12.8 Å².